The monoisotopic (exact) mass is 330 g/mol. The second-order valence-corrected chi connectivity index (χ2v) is 6.69. The summed E-state index contributed by atoms with van der Waals surface area (Å²) in [6.45, 7) is 3.76. The molecule has 0 radical (unpaired) electrons. The molecule has 0 aliphatic heterocycles. The van der Waals surface area contributed by atoms with Crippen LogP contribution in [0.4, 0.5) is 5.82 Å². The lowest BCUT2D eigenvalue weighted by molar-refractivity contribution is 0.763. The average Bonchev–Trinajstić information content (AvgIpc) is 3.49. The average molecular weight is 330 g/mol. The van der Waals surface area contributed by atoms with Gasteiger partial charge in [0.05, 0.1) is 0 Å². The molecule has 1 aliphatic rings. The van der Waals surface area contributed by atoms with Crippen LogP contribution in [-0.2, 0) is 13.1 Å². The van der Waals surface area contributed by atoms with Gasteiger partial charge in [0.2, 0.25) is 0 Å². The third-order valence-corrected chi connectivity index (χ3v) is 4.64. The van der Waals surface area contributed by atoms with Gasteiger partial charge >= 0.3 is 0 Å². The first-order valence-electron chi connectivity index (χ1n) is 8.81. The summed E-state index contributed by atoms with van der Waals surface area (Å²) in [7, 11) is 0. The fraction of sp³-hybridized carbons (Fsp3) is 0.286. The van der Waals surface area contributed by atoms with Crippen molar-refractivity contribution in [2.45, 2.75) is 38.8 Å². The normalized spacial score (nSPS) is 13.6. The Morgan fingerprint density at radius 2 is 1.88 bits per heavy atom. The number of rotatable bonds is 6. The van der Waals surface area contributed by atoms with Gasteiger partial charge in [0.1, 0.15) is 11.6 Å². The lowest BCUT2D eigenvalue weighted by Crippen LogP contribution is -2.24. The summed E-state index contributed by atoms with van der Waals surface area (Å²) in [6.07, 6.45) is 8.05. The van der Waals surface area contributed by atoms with Crippen LogP contribution in [0.1, 0.15) is 41.3 Å². The van der Waals surface area contributed by atoms with E-state index in [-0.39, 0.29) is 0 Å². The Morgan fingerprint density at radius 1 is 1.00 bits per heavy atom. The molecule has 0 saturated heterocycles. The fourth-order valence-electron chi connectivity index (χ4n) is 3.00. The van der Waals surface area contributed by atoms with Gasteiger partial charge in [-0.1, -0.05) is 30.3 Å². The van der Waals surface area contributed by atoms with Gasteiger partial charge in [0, 0.05) is 37.6 Å². The van der Waals surface area contributed by atoms with Crippen LogP contribution < -0.4 is 4.90 Å². The summed E-state index contributed by atoms with van der Waals surface area (Å²) in [5.41, 5.74) is 3.80. The summed E-state index contributed by atoms with van der Waals surface area (Å²) in [4.78, 5) is 15.9. The number of hydrogen-bond acceptors (Lipinski definition) is 4. The number of benzene rings is 1. The Morgan fingerprint density at radius 3 is 2.64 bits per heavy atom. The van der Waals surface area contributed by atoms with Crippen molar-refractivity contribution >= 4 is 5.82 Å². The zero-order valence-electron chi connectivity index (χ0n) is 14.5. The zero-order valence-corrected chi connectivity index (χ0v) is 14.5. The molecule has 1 saturated carbocycles. The second-order valence-electron chi connectivity index (χ2n) is 6.69. The molecule has 1 fully saturated rings. The lowest BCUT2D eigenvalue weighted by atomic mass is 10.1. The Bertz CT molecular complexity index is 843. The highest BCUT2D eigenvalue weighted by Gasteiger charge is 2.27. The van der Waals surface area contributed by atoms with E-state index in [1.165, 1.54) is 29.5 Å². The molecule has 25 heavy (non-hydrogen) atoms. The van der Waals surface area contributed by atoms with Crippen LogP contribution in [-0.4, -0.2) is 15.0 Å². The molecule has 1 aromatic carbocycles. The van der Waals surface area contributed by atoms with E-state index >= 15 is 0 Å². The molecule has 0 bridgehead atoms. The van der Waals surface area contributed by atoms with Crippen LogP contribution in [0.3, 0.4) is 0 Å². The highest BCUT2D eigenvalue weighted by molar-refractivity contribution is 5.41. The first-order valence-corrected chi connectivity index (χ1v) is 8.81. The third kappa shape index (κ3) is 3.85. The molecule has 0 N–H and O–H groups in total. The van der Waals surface area contributed by atoms with Gasteiger partial charge < -0.3 is 4.90 Å². The van der Waals surface area contributed by atoms with Crippen molar-refractivity contribution < 1.29 is 0 Å². The maximum absolute atomic E-state index is 4.85. The highest BCUT2D eigenvalue weighted by atomic mass is 15.2. The molecule has 2 aromatic heterocycles. The van der Waals surface area contributed by atoms with Gasteiger partial charge in [-0.15, -0.1) is 0 Å². The van der Waals surface area contributed by atoms with E-state index in [1.807, 2.05) is 30.7 Å². The number of aromatic nitrogens is 3. The summed E-state index contributed by atoms with van der Waals surface area (Å²) in [6, 6.07) is 14.6. The van der Waals surface area contributed by atoms with Crippen LogP contribution in [0.2, 0.25) is 0 Å². The summed E-state index contributed by atoms with van der Waals surface area (Å²) < 4.78 is 0. The standard InChI is InChI=1S/C21H22N4/c1-16-5-2-3-7-19(16)15-25(14-17-6-4-11-22-13-17)20-10-12-23-21(24-20)18-8-9-18/h2-7,10-13,18H,8-9,14-15H2,1H3. The van der Waals surface area contributed by atoms with Crippen molar-refractivity contribution in [1.29, 1.82) is 0 Å². The Labute approximate surface area is 148 Å². The molecule has 0 amide bonds. The fourth-order valence-corrected chi connectivity index (χ4v) is 3.00. The van der Waals surface area contributed by atoms with Crippen molar-refractivity contribution in [3.05, 3.63) is 83.6 Å². The molecule has 0 unspecified atom stereocenters. The van der Waals surface area contributed by atoms with Gasteiger partial charge in [-0.05, 0) is 48.6 Å². The van der Waals surface area contributed by atoms with Crippen LogP contribution in [0.25, 0.3) is 0 Å². The van der Waals surface area contributed by atoms with E-state index in [1.54, 1.807) is 0 Å². The molecule has 4 heteroatoms. The topological polar surface area (TPSA) is 41.9 Å². The molecule has 126 valence electrons. The molecule has 0 atom stereocenters. The SMILES string of the molecule is Cc1ccccc1CN(Cc1cccnc1)c1ccnc(C2CC2)n1. The predicted octanol–water partition coefficient (Wildman–Crippen LogP) is 4.26. The maximum Gasteiger partial charge on any atom is 0.133 e. The second kappa shape index (κ2) is 7.01. The first kappa shape index (κ1) is 15.8. The Balaban J connectivity index is 1.65. The summed E-state index contributed by atoms with van der Waals surface area (Å²) in [5, 5.41) is 0. The molecule has 4 rings (SSSR count). The van der Waals surface area contributed by atoms with E-state index in [2.05, 4.69) is 52.1 Å². The maximum atomic E-state index is 4.85. The minimum absolute atomic E-state index is 0.554. The predicted molar refractivity (Wildman–Crippen MR) is 99.3 cm³/mol. The van der Waals surface area contributed by atoms with Gasteiger partial charge in [-0.2, -0.15) is 0 Å². The van der Waals surface area contributed by atoms with Gasteiger partial charge in [-0.25, -0.2) is 9.97 Å². The molecule has 2 heterocycles. The smallest absolute Gasteiger partial charge is 0.133 e. The summed E-state index contributed by atoms with van der Waals surface area (Å²) in [5.74, 6) is 2.53. The number of aryl methyl sites for hydroxylation is 1. The number of pyridine rings is 1. The van der Waals surface area contributed by atoms with Crippen molar-refractivity contribution in [3.8, 4) is 0 Å². The van der Waals surface area contributed by atoms with E-state index in [9.17, 15) is 0 Å². The zero-order chi connectivity index (χ0) is 17.1. The summed E-state index contributed by atoms with van der Waals surface area (Å²) >= 11 is 0. The van der Waals surface area contributed by atoms with Crippen molar-refractivity contribution in [2.24, 2.45) is 0 Å². The number of nitrogens with zero attached hydrogens (tertiary/aromatic N) is 4. The number of anilines is 1. The number of hydrogen-bond donors (Lipinski definition) is 0. The van der Waals surface area contributed by atoms with Crippen LogP contribution >= 0.6 is 0 Å². The first-order chi connectivity index (χ1) is 12.3. The van der Waals surface area contributed by atoms with E-state index in [0.29, 0.717) is 5.92 Å². The molecule has 3 aromatic rings. The molecule has 4 nitrogen and oxygen atoms in total. The van der Waals surface area contributed by atoms with Gasteiger partial charge in [-0.3, -0.25) is 4.98 Å². The van der Waals surface area contributed by atoms with Crippen molar-refractivity contribution in [2.75, 3.05) is 4.90 Å². The Hall–Kier alpha value is -2.75. The van der Waals surface area contributed by atoms with Crippen molar-refractivity contribution in [3.63, 3.8) is 0 Å². The van der Waals surface area contributed by atoms with E-state index in [4.69, 9.17) is 4.98 Å². The third-order valence-electron chi connectivity index (χ3n) is 4.64. The van der Waals surface area contributed by atoms with Crippen LogP contribution in [0.15, 0.2) is 61.1 Å². The largest absolute Gasteiger partial charge is 0.348 e. The molecular weight excluding hydrogens is 308 g/mol. The minimum Gasteiger partial charge on any atom is -0.348 e. The van der Waals surface area contributed by atoms with E-state index in [0.717, 1.165) is 24.7 Å². The molecule has 1 aliphatic carbocycles. The molecule has 0 spiro atoms. The molecular formula is C21H22N4. The minimum atomic E-state index is 0.554. The Kier molecular flexibility index (Phi) is 4.42. The van der Waals surface area contributed by atoms with Gasteiger partial charge in [0.25, 0.3) is 0 Å². The lowest BCUT2D eigenvalue weighted by Gasteiger charge is -2.25. The van der Waals surface area contributed by atoms with Crippen molar-refractivity contribution in [1.82, 2.24) is 15.0 Å². The quantitative estimate of drug-likeness (QED) is 0.677. The van der Waals surface area contributed by atoms with Crippen LogP contribution in [0.5, 0.6) is 0 Å². The highest BCUT2D eigenvalue weighted by Crippen LogP contribution is 2.38. The van der Waals surface area contributed by atoms with E-state index < -0.39 is 0 Å². The van der Waals surface area contributed by atoms with Crippen LogP contribution in [0, 0.1) is 6.92 Å². The van der Waals surface area contributed by atoms with Gasteiger partial charge in [0.15, 0.2) is 0 Å².